The third-order valence-corrected chi connectivity index (χ3v) is 7.76. The van der Waals surface area contributed by atoms with E-state index in [0.717, 1.165) is 11.1 Å². The van der Waals surface area contributed by atoms with E-state index in [1.54, 1.807) is 24.3 Å². The number of nitrogens with one attached hydrogen (secondary N) is 6. The Balaban J connectivity index is 1.40. The molecule has 6 amide bonds. The van der Waals surface area contributed by atoms with Crippen LogP contribution < -0.4 is 31.9 Å². The van der Waals surface area contributed by atoms with Crippen molar-refractivity contribution in [2.75, 3.05) is 36.9 Å². The first-order valence-electron chi connectivity index (χ1n) is 18.9. The Bertz CT molecular complexity index is 1650. The minimum Gasteiger partial charge on any atom is -0.445 e. The fourth-order valence-corrected chi connectivity index (χ4v) is 4.78. The molecular weight excluding hydrogens is 748 g/mol. The first-order valence-corrected chi connectivity index (χ1v) is 18.9. The van der Waals surface area contributed by atoms with Crippen molar-refractivity contribution in [1.29, 1.82) is 0 Å². The van der Waals surface area contributed by atoms with Crippen LogP contribution in [0.4, 0.5) is 21.0 Å². The molecule has 0 aliphatic carbocycles. The van der Waals surface area contributed by atoms with Crippen LogP contribution in [0.15, 0.2) is 84.9 Å². The summed E-state index contributed by atoms with van der Waals surface area (Å²) < 4.78 is 22.0. The zero-order chi connectivity index (χ0) is 42.6. The zero-order valence-corrected chi connectivity index (χ0v) is 34.0. The Labute approximate surface area is 339 Å². The summed E-state index contributed by atoms with van der Waals surface area (Å²) in [6.07, 6.45) is -1.70. The lowest BCUT2D eigenvalue weighted by Gasteiger charge is -2.24. The van der Waals surface area contributed by atoms with Gasteiger partial charge in [0.15, 0.2) is 0 Å². The van der Waals surface area contributed by atoms with Gasteiger partial charge in [-0.1, -0.05) is 60.7 Å². The molecule has 314 valence electrons. The fraction of sp³-hybridized carbons (Fsp3) is 0.429. The molecule has 0 spiro atoms. The van der Waals surface area contributed by atoms with Crippen LogP contribution in [0.3, 0.4) is 0 Å². The average Bonchev–Trinajstić information content (AvgIpc) is 3.17. The molecule has 0 heterocycles. The molecule has 0 bridgehead atoms. The number of carbonyl (C=O) groups is 6. The van der Waals surface area contributed by atoms with E-state index in [2.05, 4.69) is 31.9 Å². The van der Waals surface area contributed by atoms with E-state index in [1.165, 1.54) is 0 Å². The van der Waals surface area contributed by atoms with Gasteiger partial charge in [0.1, 0.15) is 25.3 Å². The molecule has 16 heteroatoms. The summed E-state index contributed by atoms with van der Waals surface area (Å²) in [6, 6.07) is 22.5. The summed E-state index contributed by atoms with van der Waals surface area (Å²) in [6.45, 7) is 10.7. The molecule has 0 saturated carbocycles. The van der Waals surface area contributed by atoms with Gasteiger partial charge in [-0.25, -0.2) is 9.59 Å². The fourth-order valence-electron chi connectivity index (χ4n) is 4.78. The molecule has 0 aliphatic heterocycles. The van der Waals surface area contributed by atoms with Gasteiger partial charge in [0.25, 0.3) is 0 Å². The lowest BCUT2D eigenvalue weighted by molar-refractivity contribution is -0.127. The third-order valence-electron chi connectivity index (χ3n) is 7.76. The number of rotatable bonds is 20. The Hall–Kier alpha value is -6.00. The van der Waals surface area contributed by atoms with Gasteiger partial charge in [-0.2, -0.15) is 0 Å². The van der Waals surface area contributed by atoms with E-state index in [0.29, 0.717) is 11.4 Å². The Morgan fingerprint density at radius 3 is 1.19 bits per heavy atom. The topological polar surface area (TPSA) is 212 Å². The average molecular weight is 805 g/mol. The highest BCUT2D eigenvalue weighted by atomic mass is 16.6. The molecular formula is C42H56N6O10. The van der Waals surface area contributed by atoms with E-state index in [-0.39, 0.29) is 64.2 Å². The van der Waals surface area contributed by atoms with Crippen molar-refractivity contribution in [2.24, 2.45) is 0 Å². The van der Waals surface area contributed by atoms with E-state index in [1.807, 2.05) is 102 Å². The minimum absolute atomic E-state index is 0.0130. The number of hydrogen-bond donors (Lipinski definition) is 6. The molecule has 3 aromatic carbocycles. The van der Waals surface area contributed by atoms with Crippen LogP contribution in [0.25, 0.3) is 0 Å². The summed E-state index contributed by atoms with van der Waals surface area (Å²) >= 11 is 0. The normalized spacial score (nSPS) is 12.2. The number of hydrogen-bond acceptors (Lipinski definition) is 10. The lowest BCUT2D eigenvalue weighted by Crippen LogP contribution is -2.50. The van der Waals surface area contributed by atoms with Crippen LogP contribution >= 0.6 is 0 Å². The molecule has 0 unspecified atom stereocenters. The van der Waals surface area contributed by atoms with Crippen molar-refractivity contribution in [1.82, 2.24) is 21.3 Å². The number of ether oxygens (including phenoxy) is 4. The molecule has 0 aliphatic rings. The van der Waals surface area contributed by atoms with Crippen molar-refractivity contribution in [3.8, 4) is 0 Å². The summed E-state index contributed by atoms with van der Waals surface area (Å²) in [5.41, 5.74) is 1.35. The van der Waals surface area contributed by atoms with Gasteiger partial charge in [-0.05, 0) is 76.9 Å². The maximum Gasteiger partial charge on any atom is 0.408 e. The van der Waals surface area contributed by atoms with Gasteiger partial charge in [0.05, 0.1) is 24.4 Å². The molecule has 16 nitrogen and oxygen atoms in total. The SMILES string of the molecule is CC(C)(C)OC[C@H](NC(=O)OCc1ccccc1)C(=O)NCCC(=O)Nc1ccc(NC(=O)CCNC(=O)[C@H](COC(C)(C)C)NC(=O)OCc2ccccc2)cc1. The summed E-state index contributed by atoms with van der Waals surface area (Å²) in [7, 11) is 0. The maximum atomic E-state index is 13.0. The Morgan fingerprint density at radius 2 is 0.862 bits per heavy atom. The first-order chi connectivity index (χ1) is 27.5. The Morgan fingerprint density at radius 1 is 0.517 bits per heavy atom. The van der Waals surface area contributed by atoms with E-state index in [9.17, 15) is 28.8 Å². The van der Waals surface area contributed by atoms with Crippen molar-refractivity contribution in [3.05, 3.63) is 96.1 Å². The minimum atomic E-state index is -1.06. The molecule has 0 radical (unpaired) electrons. The van der Waals surface area contributed by atoms with Crippen LogP contribution in [-0.4, -0.2) is 85.4 Å². The smallest absolute Gasteiger partial charge is 0.408 e. The van der Waals surface area contributed by atoms with Crippen molar-refractivity contribution >= 4 is 47.2 Å². The number of amides is 6. The van der Waals surface area contributed by atoms with Crippen molar-refractivity contribution in [3.63, 3.8) is 0 Å². The number of carbonyl (C=O) groups excluding carboxylic acids is 6. The second kappa shape index (κ2) is 23.3. The van der Waals surface area contributed by atoms with Crippen LogP contribution in [0.5, 0.6) is 0 Å². The number of anilines is 2. The quantitative estimate of drug-likeness (QED) is 0.0919. The van der Waals surface area contributed by atoms with Crippen molar-refractivity contribution in [2.45, 2.75) is 90.9 Å². The van der Waals surface area contributed by atoms with Gasteiger partial charge >= 0.3 is 12.2 Å². The van der Waals surface area contributed by atoms with E-state index >= 15 is 0 Å². The maximum absolute atomic E-state index is 13.0. The van der Waals surface area contributed by atoms with Crippen LogP contribution in [0.1, 0.15) is 65.5 Å². The summed E-state index contributed by atoms with van der Waals surface area (Å²) in [4.78, 5) is 76.1. The van der Waals surface area contributed by atoms with Gasteiger partial charge in [-0.3, -0.25) is 19.2 Å². The molecule has 58 heavy (non-hydrogen) atoms. The second-order valence-electron chi connectivity index (χ2n) is 15.1. The molecule has 2 atom stereocenters. The number of alkyl carbamates (subject to hydrolysis) is 2. The predicted octanol–water partition coefficient (Wildman–Crippen LogP) is 4.80. The highest BCUT2D eigenvalue weighted by Crippen LogP contribution is 2.14. The van der Waals surface area contributed by atoms with Gasteiger partial charge in [-0.15, -0.1) is 0 Å². The Kier molecular flexibility index (Phi) is 18.6. The lowest BCUT2D eigenvalue weighted by atomic mass is 10.2. The molecule has 0 saturated heterocycles. The van der Waals surface area contributed by atoms with Crippen molar-refractivity contribution < 1.29 is 47.7 Å². The van der Waals surface area contributed by atoms with Crippen LogP contribution in [0, 0.1) is 0 Å². The standard InChI is InChI=1S/C42H56N6O10/c1-41(2,3)57-27-33(47-39(53)55-25-29-13-9-7-10-14-29)37(51)43-23-21-35(49)45-31-17-19-32(20-18-31)46-36(50)22-24-44-38(52)34(28-58-42(4,5)6)48-40(54)56-26-30-15-11-8-12-16-30/h7-20,33-34H,21-28H2,1-6H3,(H,43,51)(H,44,52)(H,45,49)(H,46,50)(H,47,53)(H,48,54)/t33-,34-/m0/s1. The highest BCUT2D eigenvalue weighted by molar-refractivity contribution is 5.94. The molecule has 0 fully saturated rings. The van der Waals surface area contributed by atoms with Gasteiger partial charge in [0, 0.05) is 37.3 Å². The third kappa shape index (κ3) is 19.7. The molecule has 3 rings (SSSR count). The summed E-state index contributed by atoms with van der Waals surface area (Å²) in [5.74, 6) is -1.84. The monoisotopic (exact) mass is 804 g/mol. The first kappa shape index (κ1) is 46.4. The largest absolute Gasteiger partial charge is 0.445 e. The molecule has 6 N–H and O–H groups in total. The second-order valence-corrected chi connectivity index (χ2v) is 15.1. The van der Waals surface area contributed by atoms with E-state index in [4.69, 9.17) is 18.9 Å². The highest BCUT2D eigenvalue weighted by Gasteiger charge is 2.26. The molecule has 3 aromatic rings. The molecule has 0 aromatic heterocycles. The van der Waals surface area contributed by atoms with Gasteiger partial charge < -0.3 is 50.8 Å². The van der Waals surface area contributed by atoms with E-state index < -0.39 is 47.3 Å². The summed E-state index contributed by atoms with van der Waals surface area (Å²) in [5, 5.41) is 15.8. The van der Waals surface area contributed by atoms with Crippen LogP contribution in [0.2, 0.25) is 0 Å². The van der Waals surface area contributed by atoms with Gasteiger partial charge in [0.2, 0.25) is 23.6 Å². The number of benzene rings is 3. The van der Waals surface area contributed by atoms with Crippen LogP contribution in [-0.2, 0) is 51.3 Å². The predicted molar refractivity (Wildman–Crippen MR) is 217 cm³/mol. The zero-order valence-electron chi connectivity index (χ0n) is 34.0.